The van der Waals surface area contributed by atoms with Gasteiger partial charge in [-0.25, -0.2) is 0 Å². The van der Waals surface area contributed by atoms with Crippen LogP contribution in [0.1, 0.15) is 227 Å². The molecule has 20 aromatic rings. The molecule has 6 aliphatic heterocycles. The summed E-state index contributed by atoms with van der Waals surface area (Å²) >= 11 is 10.8. The van der Waals surface area contributed by atoms with Crippen molar-refractivity contribution in [2.45, 2.75) is 245 Å². The van der Waals surface area contributed by atoms with Gasteiger partial charge in [0.1, 0.15) is 22.3 Å². The number of hydrogen-bond donors (Lipinski definition) is 1. The largest absolute Gasteiger partial charge is 0.456 e. The van der Waals surface area contributed by atoms with Gasteiger partial charge in [0.2, 0.25) is 0 Å². The Balaban J connectivity index is 0.000000125. The highest BCUT2D eigenvalue weighted by atomic mass is 35.5. The second-order valence-corrected chi connectivity index (χ2v) is 51.2. The summed E-state index contributed by atoms with van der Waals surface area (Å²) in [5, 5.41) is 14.3. The SMILES string of the molecule is Cc1cc(C)c2c(c1)NC1(C)CCCCC21C.Cc1cc2c3c(c1)N(c1cccc4oc5ccccc5c14)c1cc4c(cc1B3c1ccc(Cl)cc1N2c1cccc2c1sc1ccccc12)C(C)(C)CCC4(C)C.Cc1cc2c3c(c1)N(c1cccc4oc5ccccc5c14)c1cc4c(cc1B3c1ccc(N3c5cc(C)cc(C)c5C5(C)CCCCC35C)cc1N2c1cccc2c1sc1ccccc12)C(C)(C)CCC4(C)C. The molecular weight excluding hydrogens is 1850 g/mol. The van der Waals surface area contributed by atoms with Crippen molar-refractivity contribution in [3.63, 3.8) is 0 Å². The minimum absolute atomic E-state index is 0.00147. The summed E-state index contributed by atoms with van der Waals surface area (Å²) in [5.74, 6) is 0. The average Bonchev–Trinajstić information content (AvgIpc) is 1.66. The summed E-state index contributed by atoms with van der Waals surface area (Å²) in [6.45, 7) is 43.4. The van der Waals surface area contributed by atoms with Crippen LogP contribution in [-0.4, -0.2) is 24.5 Å². The molecule has 728 valence electrons. The van der Waals surface area contributed by atoms with Crippen molar-refractivity contribution in [3.05, 3.63) is 351 Å². The van der Waals surface area contributed by atoms with Crippen molar-refractivity contribution < 1.29 is 8.83 Å². The average molecular weight is 1970 g/mol. The fourth-order valence-electron chi connectivity index (χ4n) is 30.2. The number of nitrogens with zero attached hydrogens (tertiary/aromatic N) is 5. The lowest BCUT2D eigenvalue weighted by molar-refractivity contribution is 0.194. The highest BCUT2D eigenvalue weighted by Gasteiger charge is 2.60. The lowest BCUT2D eigenvalue weighted by Crippen LogP contribution is -2.62. The number of hydrogen-bond acceptors (Lipinski definition) is 10. The van der Waals surface area contributed by atoms with Gasteiger partial charge in [0.25, 0.3) is 13.4 Å². The van der Waals surface area contributed by atoms with Crippen LogP contribution in [0.15, 0.2) is 288 Å². The minimum Gasteiger partial charge on any atom is -0.456 e. The maximum atomic E-state index is 7.02. The van der Waals surface area contributed by atoms with Gasteiger partial charge in [-0.05, 0) is 361 Å². The van der Waals surface area contributed by atoms with Crippen LogP contribution in [0.3, 0.4) is 0 Å². The topological polar surface area (TPSA) is 54.5 Å². The second kappa shape index (κ2) is 31.9. The van der Waals surface area contributed by atoms with E-state index in [2.05, 4.69) is 433 Å². The molecule has 0 spiro atoms. The molecule has 8 nitrogen and oxygen atoms in total. The Kier molecular flexibility index (Phi) is 19.8. The Morgan fingerprint density at radius 2 is 0.680 bits per heavy atom. The molecule has 1 N–H and O–H groups in total. The molecule has 2 fully saturated rings. The van der Waals surface area contributed by atoms with Crippen LogP contribution in [0.5, 0.6) is 0 Å². The maximum Gasteiger partial charge on any atom is 0.252 e. The van der Waals surface area contributed by atoms with E-state index in [0.717, 1.165) is 98.1 Å². The Morgan fingerprint density at radius 1 is 0.299 bits per heavy atom. The van der Waals surface area contributed by atoms with Crippen LogP contribution in [0.4, 0.5) is 85.3 Å². The number of rotatable bonds is 5. The Labute approximate surface area is 878 Å². The van der Waals surface area contributed by atoms with Crippen LogP contribution < -0.4 is 62.6 Å². The minimum atomic E-state index is -0.0826. The second-order valence-electron chi connectivity index (χ2n) is 48.7. The molecule has 10 heterocycles. The normalized spacial score (nSPS) is 20.9. The lowest BCUT2D eigenvalue weighted by atomic mass is 9.33. The molecular formula is C134H125B2ClN6O2S2. The number of benzene rings is 16. The number of furan rings is 2. The van der Waals surface area contributed by atoms with Crippen LogP contribution in [0.25, 0.3) is 84.2 Å². The van der Waals surface area contributed by atoms with E-state index >= 15 is 0 Å². The fraction of sp³-hybridized carbons (Fsp3) is 0.284. The molecule has 0 amide bonds. The molecule has 0 saturated heterocycles. The van der Waals surface area contributed by atoms with E-state index < -0.39 is 0 Å². The fourth-order valence-corrected chi connectivity index (χ4v) is 32.8. The molecule has 0 bridgehead atoms. The van der Waals surface area contributed by atoms with Gasteiger partial charge in [-0.3, -0.25) is 0 Å². The molecule has 4 unspecified atom stereocenters. The summed E-state index contributed by atoms with van der Waals surface area (Å²) in [7, 11) is 0. The van der Waals surface area contributed by atoms with E-state index in [1.165, 1.54) is 242 Å². The van der Waals surface area contributed by atoms with Gasteiger partial charge in [-0.15, -0.1) is 22.7 Å². The summed E-state index contributed by atoms with van der Waals surface area (Å²) in [6, 6.07) is 106. The number of aryl methyl sites for hydroxylation is 6. The van der Waals surface area contributed by atoms with E-state index in [-0.39, 0.29) is 51.6 Å². The molecule has 16 aromatic carbocycles. The maximum absolute atomic E-state index is 7.02. The molecule has 4 aliphatic carbocycles. The van der Waals surface area contributed by atoms with E-state index in [1.807, 2.05) is 22.7 Å². The number of para-hydroxylation sites is 2. The van der Waals surface area contributed by atoms with Crippen LogP contribution in [0.2, 0.25) is 5.02 Å². The van der Waals surface area contributed by atoms with E-state index in [1.54, 1.807) is 11.1 Å². The predicted molar refractivity (Wildman–Crippen MR) is 632 cm³/mol. The first-order chi connectivity index (χ1) is 70.7. The van der Waals surface area contributed by atoms with Crippen LogP contribution in [0, 0.1) is 41.5 Å². The zero-order valence-electron chi connectivity index (χ0n) is 87.9. The third-order valence-corrected chi connectivity index (χ3v) is 40.5. The zero-order valence-corrected chi connectivity index (χ0v) is 90.3. The first kappa shape index (κ1) is 91.2. The number of halogens is 1. The molecule has 0 radical (unpaired) electrons. The predicted octanol–water partition coefficient (Wildman–Crippen LogP) is 34.7. The Bertz CT molecular complexity index is 9140. The summed E-state index contributed by atoms with van der Waals surface area (Å²) < 4.78 is 18.5. The number of anilines is 15. The Hall–Kier alpha value is -13.2. The number of thiophene rings is 2. The van der Waals surface area contributed by atoms with Crippen LogP contribution >= 0.6 is 34.3 Å². The first-order valence-electron chi connectivity index (χ1n) is 53.9. The number of fused-ring (bicyclic) bond motifs is 28. The van der Waals surface area contributed by atoms with Crippen molar-refractivity contribution in [2.75, 3.05) is 29.8 Å². The smallest absolute Gasteiger partial charge is 0.252 e. The van der Waals surface area contributed by atoms with Gasteiger partial charge in [-0.1, -0.05) is 252 Å². The van der Waals surface area contributed by atoms with Crippen molar-refractivity contribution in [3.8, 4) is 0 Å². The monoisotopic (exact) mass is 1970 g/mol. The highest BCUT2D eigenvalue weighted by molar-refractivity contribution is 7.27. The van der Waals surface area contributed by atoms with Gasteiger partial charge in [0, 0.05) is 126 Å². The lowest BCUT2D eigenvalue weighted by Gasteiger charge is -2.51. The van der Waals surface area contributed by atoms with Gasteiger partial charge in [-0.2, -0.15) is 0 Å². The molecule has 4 aromatic heterocycles. The number of nitrogens with one attached hydrogen (secondary N) is 1. The molecule has 4 atom stereocenters. The summed E-state index contributed by atoms with van der Waals surface area (Å²) in [5.41, 5.74) is 48.0. The molecule has 30 rings (SSSR count). The third kappa shape index (κ3) is 13.0. The van der Waals surface area contributed by atoms with E-state index in [0.29, 0.717) is 5.41 Å². The van der Waals surface area contributed by atoms with E-state index in [4.69, 9.17) is 20.4 Å². The standard InChI is InChI=1S/C67H62BN3OS.C51H40BClN2OS.C16H23N/c1-39-32-41(3)61-54(33-39)71(67(9)29-15-14-28-66(61,67)8)42-26-27-48-52(36-42)70(51-22-16-20-44-43-18-11-13-25-59(43)73-63(44)51)56-35-40(2)34-55-62(56)68(48)49-37-46-47(65(6,7)31-30-64(46,4)5)38-53(49)69(55)50-21-17-24-58-60(50)45-19-10-12-23-57(45)72-58;1-29-24-42-48-43(25-29)55(39-16-10-14-32-31-12-7-9-19-46(31)57-49(32)39)40-26-30(53)20-21-36(40)52(48)37-27-34-35(51(4,5)23-22-50(34,2)3)28-41(37)54(42)38-15-11-18-45-47(38)33-13-6-8-17-44(33)56-45;1-11-9-12(2)14-13(10-11)17-16(4)8-6-5-7-15(14,16)3/h10-13,16-27,32-38H,14-15,28-31H2,1-9H3;6-21,24-28H,22-23H2,1-5H3;9-10,17H,5-8H2,1-4H3. The molecule has 2 saturated carbocycles. The van der Waals surface area contributed by atoms with Gasteiger partial charge < -0.3 is 38.7 Å². The van der Waals surface area contributed by atoms with Gasteiger partial charge in [0.05, 0.1) is 48.5 Å². The molecule has 13 heteroatoms. The Morgan fingerprint density at radius 3 is 1.19 bits per heavy atom. The first-order valence-corrected chi connectivity index (χ1v) is 55.9. The molecule has 147 heavy (non-hydrogen) atoms. The third-order valence-electron chi connectivity index (χ3n) is 37.9. The van der Waals surface area contributed by atoms with Crippen molar-refractivity contribution in [2.24, 2.45) is 0 Å². The van der Waals surface area contributed by atoms with Gasteiger partial charge >= 0.3 is 0 Å². The summed E-state index contributed by atoms with van der Waals surface area (Å²) in [6.07, 6.45) is 14.8. The van der Waals surface area contributed by atoms with Crippen LogP contribution in [-0.2, 0) is 32.5 Å². The quantitative estimate of drug-likeness (QED) is 0.171. The van der Waals surface area contributed by atoms with Gasteiger partial charge in [0.15, 0.2) is 0 Å². The van der Waals surface area contributed by atoms with E-state index in [9.17, 15) is 0 Å². The summed E-state index contributed by atoms with van der Waals surface area (Å²) in [4.78, 5) is 13.3. The highest BCUT2D eigenvalue weighted by Crippen LogP contribution is 2.65. The van der Waals surface area contributed by atoms with Crippen molar-refractivity contribution in [1.82, 2.24) is 0 Å². The molecule has 10 aliphatic rings. The van der Waals surface area contributed by atoms with Crippen molar-refractivity contribution in [1.29, 1.82) is 0 Å². The van der Waals surface area contributed by atoms with Crippen molar-refractivity contribution >= 4 is 250 Å². The zero-order chi connectivity index (χ0) is 100.